The van der Waals surface area contributed by atoms with Crippen LogP contribution in [0.3, 0.4) is 0 Å². The highest BCUT2D eigenvalue weighted by Crippen LogP contribution is 2.38. The predicted molar refractivity (Wildman–Crippen MR) is 121 cm³/mol. The highest BCUT2D eigenvalue weighted by molar-refractivity contribution is 5.94. The zero-order chi connectivity index (χ0) is 21.7. The molecule has 158 valence electrons. The number of hydrogen-bond acceptors (Lipinski definition) is 2. The van der Waals surface area contributed by atoms with E-state index < -0.39 is 0 Å². The molecule has 0 saturated heterocycles. The Morgan fingerprint density at radius 3 is 2.65 bits per heavy atom. The number of rotatable bonds is 3. The third kappa shape index (κ3) is 3.29. The van der Waals surface area contributed by atoms with Crippen LogP contribution in [0, 0.1) is 25.5 Å². The minimum Gasteiger partial charge on any atom is -0.348 e. The molecular formula is C26H25F2N3. The molecule has 0 aliphatic carbocycles. The predicted octanol–water partition coefficient (Wildman–Crippen LogP) is 6.10. The number of aryl methyl sites for hydroxylation is 1. The van der Waals surface area contributed by atoms with Crippen LogP contribution in [0.1, 0.15) is 40.9 Å². The lowest BCUT2D eigenvalue weighted by Crippen LogP contribution is -2.35. The van der Waals surface area contributed by atoms with Crippen LogP contribution < -0.4 is 4.90 Å². The first kappa shape index (κ1) is 19.7. The molecule has 0 bridgehead atoms. The summed E-state index contributed by atoms with van der Waals surface area (Å²) in [5, 5.41) is 1.15. The van der Waals surface area contributed by atoms with Crippen molar-refractivity contribution in [3.05, 3.63) is 94.3 Å². The molecule has 0 spiro atoms. The standard InChI is InChI=1S/C26H25F2N3/c1-16-17(2)31(15-19-5-4-6-21(27)13-19)25-23(16)9-11-29-26(25)30-12-10-20-7-8-22(28)14-24(20)18(30)3/h4-9,11,13-14,18H,10,12,15H2,1-3H3. The van der Waals surface area contributed by atoms with E-state index in [0.717, 1.165) is 46.5 Å². The van der Waals surface area contributed by atoms with Crippen molar-refractivity contribution in [3.8, 4) is 0 Å². The fraction of sp³-hybridized carbons (Fsp3) is 0.269. The Kier molecular flexibility index (Phi) is 4.77. The summed E-state index contributed by atoms with van der Waals surface area (Å²) >= 11 is 0. The summed E-state index contributed by atoms with van der Waals surface area (Å²) in [6, 6.07) is 13.9. The smallest absolute Gasteiger partial charge is 0.153 e. The van der Waals surface area contributed by atoms with Crippen molar-refractivity contribution < 1.29 is 8.78 Å². The van der Waals surface area contributed by atoms with E-state index in [4.69, 9.17) is 4.98 Å². The van der Waals surface area contributed by atoms with E-state index >= 15 is 0 Å². The fourth-order valence-corrected chi connectivity index (χ4v) is 4.88. The van der Waals surface area contributed by atoms with E-state index in [-0.39, 0.29) is 17.7 Å². The maximum Gasteiger partial charge on any atom is 0.153 e. The summed E-state index contributed by atoms with van der Waals surface area (Å²) < 4.78 is 30.0. The molecule has 1 aliphatic rings. The van der Waals surface area contributed by atoms with Crippen LogP contribution in [-0.4, -0.2) is 16.1 Å². The van der Waals surface area contributed by atoms with Crippen LogP contribution in [0.2, 0.25) is 0 Å². The highest BCUT2D eigenvalue weighted by atomic mass is 19.1. The molecule has 1 aliphatic heterocycles. The minimum absolute atomic E-state index is 0.00989. The number of anilines is 1. The van der Waals surface area contributed by atoms with Gasteiger partial charge in [0, 0.05) is 30.4 Å². The molecular weight excluding hydrogens is 392 g/mol. The van der Waals surface area contributed by atoms with Crippen LogP contribution in [0.25, 0.3) is 10.9 Å². The van der Waals surface area contributed by atoms with Crippen molar-refractivity contribution in [3.63, 3.8) is 0 Å². The zero-order valence-corrected chi connectivity index (χ0v) is 18.0. The van der Waals surface area contributed by atoms with E-state index in [1.807, 2.05) is 24.4 Å². The largest absolute Gasteiger partial charge is 0.348 e. The lowest BCUT2D eigenvalue weighted by molar-refractivity contribution is 0.590. The molecule has 5 heteroatoms. The molecule has 5 rings (SSSR count). The number of hydrogen-bond donors (Lipinski definition) is 0. The molecule has 3 nitrogen and oxygen atoms in total. The Hall–Kier alpha value is -3.21. The van der Waals surface area contributed by atoms with Gasteiger partial charge in [-0.05, 0) is 79.8 Å². The van der Waals surface area contributed by atoms with Crippen molar-refractivity contribution in [1.82, 2.24) is 9.55 Å². The number of pyridine rings is 1. The second-order valence-electron chi connectivity index (χ2n) is 8.42. The van der Waals surface area contributed by atoms with Gasteiger partial charge in [-0.25, -0.2) is 13.8 Å². The average molecular weight is 418 g/mol. The first-order valence-corrected chi connectivity index (χ1v) is 10.7. The lowest BCUT2D eigenvalue weighted by atomic mass is 9.93. The third-order valence-electron chi connectivity index (χ3n) is 6.68. The summed E-state index contributed by atoms with van der Waals surface area (Å²) in [5.74, 6) is 0.456. The SMILES string of the molecule is Cc1c(C)n(Cc2cccc(F)c2)c2c(N3CCc4ccc(F)cc4C3C)nccc12. The molecule has 31 heavy (non-hydrogen) atoms. The quantitative estimate of drug-likeness (QED) is 0.401. The number of halogens is 2. The van der Waals surface area contributed by atoms with Crippen LogP contribution in [-0.2, 0) is 13.0 Å². The molecule has 0 radical (unpaired) electrons. The average Bonchev–Trinajstić information content (AvgIpc) is 3.00. The van der Waals surface area contributed by atoms with E-state index in [0.29, 0.717) is 6.54 Å². The summed E-state index contributed by atoms with van der Waals surface area (Å²) in [4.78, 5) is 7.06. The topological polar surface area (TPSA) is 21.1 Å². The van der Waals surface area contributed by atoms with Gasteiger partial charge in [0.05, 0.1) is 11.6 Å². The third-order valence-corrected chi connectivity index (χ3v) is 6.68. The molecule has 4 aromatic rings. The zero-order valence-electron chi connectivity index (χ0n) is 18.0. The molecule has 3 heterocycles. The second-order valence-corrected chi connectivity index (χ2v) is 8.42. The molecule has 0 saturated carbocycles. The van der Waals surface area contributed by atoms with E-state index in [2.05, 4.69) is 30.2 Å². The Bertz CT molecular complexity index is 1290. The maximum absolute atomic E-state index is 14.0. The Balaban J connectivity index is 1.65. The van der Waals surface area contributed by atoms with Crippen LogP contribution in [0.4, 0.5) is 14.6 Å². The summed E-state index contributed by atoms with van der Waals surface area (Å²) in [7, 11) is 0. The van der Waals surface area contributed by atoms with Crippen LogP contribution in [0.5, 0.6) is 0 Å². The van der Waals surface area contributed by atoms with Crippen molar-refractivity contribution >= 4 is 16.7 Å². The van der Waals surface area contributed by atoms with E-state index in [9.17, 15) is 8.78 Å². The first-order chi connectivity index (χ1) is 14.9. The normalized spacial score (nSPS) is 16.0. The monoisotopic (exact) mass is 417 g/mol. The molecule has 2 aromatic heterocycles. The van der Waals surface area contributed by atoms with Gasteiger partial charge in [0.1, 0.15) is 11.6 Å². The number of aromatic nitrogens is 2. The molecule has 1 unspecified atom stereocenters. The van der Waals surface area contributed by atoms with E-state index in [1.165, 1.54) is 23.3 Å². The first-order valence-electron chi connectivity index (χ1n) is 10.7. The van der Waals surface area contributed by atoms with E-state index in [1.54, 1.807) is 18.2 Å². The Labute approximate surface area is 181 Å². The molecule has 1 atom stereocenters. The minimum atomic E-state index is -0.232. The fourth-order valence-electron chi connectivity index (χ4n) is 4.88. The van der Waals surface area contributed by atoms with Crippen LogP contribution in [0.15, 0.2) is 54.7 Å². The van der Waals surface area contributed by atoms with Crippen molar-refractivity contribution in [1.29, 1.82) is 0 Å². The van der Waals surface area contributed by atoms with Gasteiger partial charge in [0.25, 0.3) is 0 Å². The summed E-state index contributed by atoms with van der Waals surface area (Å²) in [6.07, 6.45) is 2.70. The highest BCUT2D eigenvalue weighted by Gasteiger charge is 2.28. The van der Waals surface area contributed by atoms with Gasteiger partial charge < -0.3 is 9.47 Å². The number of benzene rings is 2. The van der Waals surface area contributed by atoms with Gasteiger partial charge in [0.2, 0.25) is 0 Å². The van der Waals surface area contributed by atoms with Crippen molar-refractivity contribution in [2.24, 2.45) is 0 Å². The lowest BCUT2D eigenvalue weighted by Gasteiger charge is -2.36. The van der Waals surface area contributed by atoms with Crippen molar-refractivity contribution in [2.45, 2.75) is 39.8 Å². The second kappa shape index (κ2) is 7.49. The summed E-state index contributed by atoms with van der Waals surface area (Å²) in [5.41, 5.74) is 6.51. The summed E-state index contributed by atoms with van der Waals surface area (Å²) in [6.45, 7) is 7.71. The van der Waals surface area contributed by atoms with Crippen LogP contribution >= 0.6 is 0 Å². The molecule has 2 aromatic carbocycles. The van der Waals surface area contributed by atoms with Gasteiger partial charge in [-0.15, -0.1) is 0 Å². The van der Waals surface area contributed by atoms with Gasteiger partial charge in [-0.2, -0.15) is 0 Å². The van der Waals surface area contributed by atoms with Gasteiger partial charge in [-0.1, -0.05) is 18.2 Å². The number of nitrogens with zero attached hydrogens (tertiary/aromatic N) is 3. The number of fused-ring (bicyclic) bond motifs is 2. The Morgan fingerprint density at radius 1 is 1.03 bits per heavy atom. The maximum atomic E-state index is 14.0. The van der Waals surface area contributed by atoms with Gasteiger partial charge >= 0.3 is 0 Å². The van der Waals surface area contributed by atoms with Crippen molar-refractivity contribution in [2.75, 3.05) is 11.4 Å². The Morgan fingerprint density at radius 2 is 1.84 bits per heavy atom. The van der Waals surface area contributed by atoms with Gasteiger partial charge in [-0.3, -0.25) is 0 Å². The molecule has 0 amide bonds. The van der Waals surface area contributed by atoms with Gasteiger partial charge in [0.15, 0.2) is 5.82 Å². The molecule has 0 fully saturated rings. The molecule has 0 N–H and O–H groups in total.